The number of hydrogen-bond donors (Lipinski definition) is 1. The molecule has 0 aromatic carbocycles. The highest BCUT2D eigenvalue weighted by Gasteiger charge is 2.19. The van der Waals surface area contributed by atoms with Crippen molar-refractivity contribution in [3.05, 3.63) is 11.8 Å². The summed E-state index contributed by atoms with van der Waals surface area (Å²) in [5.41, 5.74) is 0.557. The summed E-state index contributed by atoms with van der Waals surface area (Å²) in [6, 6.07) is -0.460. The van der Waals surface area contributed by atoms with Gasteiger partial charge in [-0.3, -0.25) is 4.79 Å². The molecule has 4 nitrogen and oxygen atoms in total. The van der Waals surface area contributed by atoms with Gasteiger partial charge in [0.05, 0.1) is 12.3 Å². The highest BCUT2D eigenvalue weighted by Crippen LogP contribution is 2.12. The summed E-state index contributed by atoms with van der Waals surface area (Å²) in [5, 5.41) is 2.89. The van der Waals surface area contributed by atoms with Crippen LogP contribution in [0.1, 0.15) is 33.1 Å². The van der Waals surface area contributed by atoms with E-state index in [4.69, 9.17) is 4.74 Å². The molecule has 1 rings (SSSR count). The number of carbonyl (C=O) groups is 2. The Morgan fingerprint density at radius 3 is 3.00 bits per heavy atom. The molecular formula is C11H17NO3. The molecule has 84 valence electrons. The molecule has 0 saturated heterocycles. The van der Waals surface area contributed by atoms with Crippen LogP contribution in [0.4, 0.5) is 0 Å². The molecule has 0 amide bonds. The second-order valence-corrected chi connectivity index (χ2v) is 3.55. The largest absolute Gasteiger partial charge is 0.464 e. The first-order valence-corrected chi connectivity index (χ1v) is 5.31. The normalized spacial score (nSPS) is 18.0. The van der Waals surface area contributed by atoms with E-state index < -0.39 is 6.04 Å². The zero-order valence-electron chi connectivity index (χ0n) is 9.21. The van der Waals surface area contributed by atoms with Crippen LogP contribution >= 0.6 is 0 Å². The number of rotatable bonds is 4. The van der Waals surface area contributed by atoms with Gasteiger partial charge < -0.3 is 10.1 Å². The highest BCUT2D eigenvalue weighted by atomic mass is 16.5. The van der Waals surface area contributed by atoms with Crippen LogP contribution < -0.4 is 5.32 Å². The Kier molecular flexibility index (Phi) is 4.34. The summed E-state index contributed by atoms with van der Waals surface area (Å²) in [7, 11) is 0. The summed E-state index contributed by atoms with van der Waals surface area (Å²) >= 11 is 0. The van der Waals surface area contributed by atoms with E-state index in [1.165, 1.54) is 0 Å². The van der Waals surface area contributed by atoms with Gasteiger partial charge in [-0.15, -0.1) is 0 Å². The summed E-state index contributed by atoms with van der Waals surface area (Å²) < 4.78 is 4.84. The third-order valence-corrected chi connectivity index (χ3v) is 2.27. The molecule has 0 aromatic rings. The van der Waals surface area contributed by atoms with Crippen molar-refractivity contribution < 1.29 is 14.3 Å². The van der Waals surface area contributed by atoms with Crippen molar-refractivity contribution in [3.8, 4) is 0 Å². The van der Waals surface area contributed by atoms with Gasteiger partial charge in [-0.05, 0) is 26.7 Å². The number of hydrogen-bond acceptors (Lipinski definition) is 4. The molecule has 1 aliphatic rings. The van der Waals surface area contributed by atoms with E-state index in [0.717, 1.165) is 12.8 Å². The molecule has 0 spiro atoms. The molecule has 0 saturated carbocycles. The van der Waals surface area contributed by atoms with Crippen molar-refractivity contribution in [1.82, 2.24) is 5.32 Å². The molecule has 0 bridgehead atoms. The monoisotopic (exact) mass is 211 g/mol. The van der Waals surface area contributed by atoms with Gasteiger partial charge in [0.2, 0.25) is 0 Å². The minimum absolute atomic E-state index is 0.0809. The van der Waals surface area contributed by atoms with E-state index in [0.29, 0.717) is 18.7 Å². The predicted octanol–water partition coefficient (Wildman–Crippen LogP) is 1.16. The Hall–Kier alpha value is -1.32. The Morgan fingerprint density at radius 2 is 2.40 bits per heavy atom. The molecule has 0 heterocycles. The molecule has 0 aliphatic heterocycles. The quantitative estimate of drug-likeness (QED) is 0.709. The zero-order chi connectivity index (χ0) is 11.3. The van der Waals surface area contributed by atoms with Crippen molar-refractivity contribution in [2.24, 2.45) is 0 Å². The third kappa shape index (κ3) is 3.38. The fourth-order valence-corrected chi connectivity index (χ4v) is 1.46. The number of nitrogens with one attached hydrogen (secondary N) is 1. The molecule has 0 radical (unpaired) electrons. The Morgan fingerprint density at radius 1 is 1.67 bits per heavy atom. The second kappa shape index (κ2) is 5.53. The first-order chi connectivity index (χ1) is 7.15. The average Bonchev–Trinajstić information content (AvgIpc) is 2.21. The molecule has 1 aliphatic carbocycles. The van der Waals surface area contributed by atoms with Gasteiger partial charge in [0, 0.05) is 6.42 Å². The lowest BCUT2D eigenvalue weighted by atomic mass is 10.0. The van der Waals surface area contributed by atoms with Crippen molar-refractivity contribution in [2.75, 3.05) is 6.61 Å². The van der Waals surface area contributed by atoms with E-state index in [1.807, 2.05) is 6.08 Å². The minimum atomic E-state index is -0.460. The first kappa shape index (κ1) is 11.8. The van der Waals surface area contributed by atoms with Crippen LogP contribution in [0, 0.1) is 0 Å². The smallest absolute Gasteiger partial charge is 0.328 e. The van der Waals surface area contributed by atoms with Crippen LogP contribution in [-0.4, -0.2) is 24.4 Å². The maximum absolute atomic E-state index is 11.4. The van der Waals surface area contributed by atoms with Crippen molar-refractivity contribution in [3.63, 3.8) is 0 Å². The molecule has 0 aromatic heterocycles. The molecule has 1 N–H and O–H groups in total. The van der Waals surface area contributed by atoms with Gasteiger partial charge in [-0.25, -0.2) is 4.79 Å². The fourth-order valence-electron chi connectivity index (χ4n) is 1.46. The lowest BCUT2D eigenvalue weighted by Crippen LogP contribution is -2.37. The van der Waals surface area contributed by atoms with Gasteiger partial charge >= 0.3 is 5.97 Å². The molecule has 1 atom stereocenters. The van der Waals surface area contributed by atoms with E-state index >= 15 is 0 Å². The molecular weight excluding hydrogens is 194 g/mol. The van der Waals surface area contributed by atoms with Crippen LogP contribution in [-0.2, 0) is 14.3 Å². The molecule has 0 unspecified atom stereocenters. The number of Topliss-reactive ketones (excluding diaryl/α,β-unsaturated/α-hetero) is 1. The molecule has 4 heteroatoms. The fraction of sp³-hybridized carbons (Fsp3) is 0.636. The van der Waals surface area contributed by atoms with Crippen LogP contribution in [0.25, 0.3) is 0 Å². The summed E-state index contributed by atoms with van der Waals surface area (Å²) in [5.74, 6) is -0.242. The average molecular weight is 211 g/mol. The summed E-state index contributed by atoms with van der Waals surface area (Å²) in [4.78, 5) is 22.7. The molecule has 15 heavy (non-hydrogen) atoms. The number of ether oxygens (including phenoxy) is 1. The van der Waals surface area contributed by atoms with Crippen LogP contribution in [0.15, 0.2) is 11.8 Å². The van der Waals surface area contributed by atoms with Gasteiger partial charge in [0.25, 0.3) is 0 Å². The predicted molar refractivity (Wildman–Crippen MR) is 56.2 cm³/mol. The van der Waals surface area contributed by atoms with Crippen molar-refractivity contribution in [1.29, 1.82) is 0 Å². The SMILES string of the molecule is CCOC(=O)[C@H](C)NC1=CCCCC1=O. The lowest BCUT2D eigenvalue weighted by molar-refractivity contribution is -0.144. The number of ketones is 1. The summed E-state index contributed by atoms with van der Waals surface area (Å²) in [6.45, 7) is 3.81. The van der Waals surface area contributed by atoms with Crippen molar-refractivity contribution >= 4 is 11.8 Å². The maximum atomic E-state index is 11.4. The summed E-state index contributed by atoms with van der Waals surface area (Å²) in [6.07, 6.45) is 4.21. The maximum Gasteiger partial charge on any atom is 0.328 e. The third-order valence-electron chi connectivity index (χ3n) is 2.27. The van der Waals surface area contributed by atoms with E-state index in [2.05, 4.69) is 5.32 Å². The molecule has 0 fully saturated rings. The van der Waals surface area contributed by atoms with Gasteiger partial charge in [-0.1, -0.05) is 6.08 Å². The van der Waals surface area contributed by atoms with Crippen LogP contribution in [0.5, 0.6) is 0 Å². The number of allylic oxidation sites excluding steroid dienone is 2. The first-order valence-electron chi connectivity index (χ1n) is 5.31. The van der Waals surface area contributed by atoms with Crippen LogP contribution in [0.2, 0.25) is 0 Å². The zero-order valence-corrected chi connectivity index (χ0v) is 9.21. The van der Waals surface area contributed by atoms with Gasteiger partial charge in [0.1, 0.15) is 6.04 Å². The Bertz CT molecular complexity index is 284. The van der Waals surface area contributed by atoms with Crippen LogP contribution in [0.3, 0.4) is 0 Å². The van der Waals surface area contributed by atoms with E-state index in [9.17, 15) is 9.59 Å². The van der Waals surface area contributed by atoms with Gasteiger partial charge in [0.15, 0.2) is 5.78 Å². The number of carbonyl (C=O) groups excluding carboxylic acids is 2. The van der Waals surface area contributed by atoms with E-state index in [1.54, 1.807) is 13.8 Å². The van der Waals surface area contributed by atoms with Gasteiger partial charge in [-0.2, -0.15) is 0 Å². The second-order valence-electron chi connectivity index (χ2n) is 3.55. The Balaban J connectivity index is 2.49. The highest BCUT2D eigenvalue weighted by molar-refractivity contribution is 5.96. The topological polar surface area (TPSA) is 55.4 Å². The number of esters is 1. The Labute approximate surface area is 89.7 Å². The van der Waals surface area contributed by atoms with E-state index in [-0.39, 0.29) is 11.8 Å². The van der Waals surface area contributed by atoms with Crippen molar-refractivity contribution in [2.45, 2.75) is 39.2 Å². The standard InChI is InChI=1S/C11H17NO3/c1-3-15-11(14)8(2)12-9-6-4-5-7-10(9)13/h6,8,12H,3-5,7H2,1-2H3/t8-/m0/s1. The minimum Gasteiger partial charge on any atom is -0.464 e. The lowest BCUT2D eigenvalue weighted by Gasteiger charge is -2.18.